The minimum Gasteiger partial charge on any atom is -0.497 e. The lowest BCUT2D eigenvalue weighted by molar-refractivity contribution is -0.126. The van der Waals surface area contributed by atoms with Gasteiger partial charge in [-0.2, -0.15) is 0 Å². The lowest BCUT2D eigenvalue weighted by atomic mass is 9.85. The summed E-state index contributed by atoms with van der Waals surface area (Å²) in [5.74, 6) is -1.60. The van der Waals surface area contributed by atoms with Crippen LogP contribution in [0.1, 0.15) is 28.4 Å². The first-order valence-corrected chi connectivity index (χ1v) is 10.0. The molecule has 2 amide bonds. The van der Waals surface area contributed by atoms with Gasteiger partial charge in [-0.15, -0.1) is 0 Å². The summed E-state index contributed by atoms with van der Waals surface area (Å²) < 4.78 is 5.27. The number of nitrogens with one attached hydrogen (secondary N) is 1. The van der Waals surface area contributed by atoms with Gasteiger partial charge in [0.15, 0.2) is 5.78 Å². The Morgan fingerprint density at radius 1 is 1.03 bits per heavy atom. The zero-order chi connectivity index (χ0) is 21.2. The van der Waals surface area contributed by atoms with Gasteiger partial charge in [0.25, 0.3) is 0 Å². The van der Waals surface area contributed by atoms with E-state index in [1.54, 1.807) is 31.4 Å². The van der Waals surface area contributed by atoms with Gasteiger partial charge in [-0.05, 0) is 43.7 Å². The van der Waals surface area contributed by atoms with Crippen LogP contribution in [0, 0.1) is 18.8 Å². The van der Waals surface area contributed by atoms with E-state index in [1.807, 2.05) is 37.0 Å². The Morgan fingerprint density at radius 2 is 1.80 bits per heavy atom. The van der Waals surface area contributed by atoms with Crippen molar-refractivity contribution in [3.8, 4) is 5.75 Å². The summed E-state index contributed by atoms with van der Waals surface area (Å²) >= 11 is 0. The molecule has 0 unspecified atom stereocenters. The number of carbonyl (C=O) groups is 3. The summed E-state index contributed by atoms with van der Waals surface area (Å²) in [4.78, 5) is 41.1. The van der Waals surface area contributed by atoms with Gasteiger partial charge in [0.05, 0.1) is 25.0 Å². The van der Waals surface area contributed by atoms with Crippen LogP contribution in [0.25, 0.3) is 5.57 Å². The fourth-order valence-corrected chi connectivity index (χ4v) is 5.12. The highest BCUT2D eigenvalue weighted by Gasteiger charge is 2.61. The molecule has 5 rings (SSSR count). The molecule has 2 fully saturated rings. The van der Waals surface area contributed by atoms with Gasteiger partial charge in [-0.3, -0.25) is 19.7 Å². The average molecular weight is 402 g/mol. The number of amides is 2. The highest BCUT2D eigenvalue weighted by Crippen LogP contribution is 2.48. The largest absolute Gasteiger partial charge is 0.497 e. The number of carbonyl (C=O) groups excluding carboxylic acids is 3. The number of fused-ring (bicyclic) bond motifs is 5. The fraction of sp³-hybridized carbons (Fsp3) is 0.292. The molecule has 6 heteroatoms. The molecule has 30 heavy (non-hydrogen) atoms. The van der Waals surface area contributed by atoms with Crippen LogP contribution in [-0.2, 0) is 9.59 Å². The summed E-state index contributed by atoms with van der Waals surface area (Å²) in [6.07, 6.45) is 2.02. The molecular weight excluding hydrogens is 380 g/mol. The molecule has 3 heterocycles. The molecular formula is C24H22N2O4. The Bertz CT molecular complexity index is 1140. The molecule has 6 nitrogen and oxygen atoms in total. The third-order valence-electron chi connectivity index (χ3n) is 6.47. The summed E-state index contributed by atoms with van der Waals surface area (Å²) in [6.45, 7) is 4.03. The van der Waals surface area contributed by atoms with E-state index in [1.165, 1.54) is 0 Å². The smallest absolute Gasteiger partial charge is 0.233 e. The molecule has 0 spiro atoms. The summed E-state index contributed by atoms with van der Waals surface area (Å²) in [6, 6.07) is 11.9. The van der Waals surface area contributed by atoms with Crippen molar-refractivity contribution >= 4 is 28.9 Å². The maximum absolute atomic E-state index is 13.7. The molecule has 3 aliphatic heterocycles. The van der Waals surface area contributed by atoms with Crippen LogP contribution in [0.2, 0.25) is 0 Å². The Morgan fingerprint density at radius 3 is 2.57 bits per heavy atom. The van der Waals surface area contributed by atoms with E-state index in [0.717, 1.165) is 22.4 Å². The van der Waals surface area contributed by atoms with Gasteiger partial charge in [-0.25, -0.2) is 0 Å². The molecule has 0 aromatic heterocycles. The van der Waals surface area contributed by atoms with Gasteiger partial charge in [0.2, 0.25) is 11.8 Å². The maximum atomic E-state index is 13.7. The lowest BCUT2D eigenvalue weighted by Gasteiger charge is -2.37. The number of imide groups is 1. The van der Waals surface area contributed by atoms with Crippen molar-refractivity contribution < 1.29 is 19.1 Å². The van der Waals surface area contributed by atoms with Gasteiger partial charge in [-0.1, -0.05) is 29.8 Å². The van der Waals surface area contributed by atoms with Crippen molar-refractivity contribution in [2.75, 3.05) is 12.0 Å². The van der Waals surface area contributed by atoms with Gasteiger partial charge in [0.1, 0.15) is 11.8 Å². The quantitative estimate of drug-likeness (QED) is 0.631. The fourth-order valence-electron chi connectivity index (χ4n) is 5.12. The number of methoxy groups -OCH3 is 1. The third kappa shape index (κ3) is 2.53. The van der Waals surface area contributed by atoms with E-state index in [9.17, 15) is 14.4 Å². The zero-order valence-electron chi connectivity index (χ0n) is 17.0. The van der Waals surface area contributed by atoms with Crippen LogP contribution in [0.4, 0.5) is 5.69 Å². The summed E-state index contributed by atoms with van der Waals surface area (Å²) in [5, 5.41) is 2.45. The number of hydrogen-bond acceptors (Lipinski definition) is 5. The minimum absolute atomic E-state index is 0.185. The molecule has 2 saturated heterocycles. The van der Waals surface area contributed by atoms with Gasteiger partial charge < -0.3 is 9.64 Å². The average Bonchev–Trinajstić information content (AvgIpc) is 3.23. The van der Waals surface area contributed by atoms with Crippen molar-refractivity contribution in [1.29, 1.82) is 0 Å². The number of nitrogens with zero attached hydrogens (tertiary/aromatic N) is 1. The summed E-state index contributed by atoms with van der Waals surface area (Å²) in [7, 11) is 1.55. The van der Waals surface area contributed by atoms with Crippen LogP contribution >= 0.6 is 0 Å². The van der Waals surface area contributed by atoms with Crippen LogP contribution in [-0.4, -0.2) is 36.8 Å². The van der Waals surface area contributed by atoms with Crippen molar-refractivity contribution in [2.45, 2.75) is 25.9 Å². The number of hydrogen-bond donors (Lipinski definition) is 1. The van der Waals surface area contributed by atoms with Crippen molar-refractivity contribution in [3.05, 3.63) is 65.2 Å². The number of allylic oxidation sites excluding steroid dienone is 1. The first kappa shape index (κ1) is 18.6. The Kier molecular flexibility index (Phi) is 4.07. The predicted octanol–water partition coefficient (Wildman–Crippen LogP) is 2.75. The number of ketones is 1. The van der Waals surface area contributed by atoms with Crippen LogP contribution in [0.15, 0.2) is 48.5 Å². The SMILES string of the molecule is COc1cccc(C(=O)[C@@H]2[C@@H]3C(=O)NC(=O)[C@@H]3[C@@H]3C=C(C)c4cc(C)ccc4N23)c1. The highest BCUT2D eigenvalue weighted by atomic mass is 16.5. The standard InChI is InChI=1S/C24H22N2O4/c1-12-7-8-17-16(9-12)13(2)10-18-19-20(24(29)25-23(19)28)21(26(17)18)22(27)14-5-4-6-15(11-14)30-3/h4-11,18-21H,1-3H3,(H,25,28,29)/t18-,19+,20+,21-/m0/s1. The molecule has 2 aromatic carbocycles. The monoisotopic (exact) mass is 402 g/mol. The second-order valence-corrected chi connectivity index (χ2v) is 8.21. The number of ether oxygens (including phenoxy) is 1. The Labute approximate surface area is 174 Å². The van der Waals surface area contributed by atoms with E-state index in [4.69, 9.17) is 4.74 Å². The molecule has 2 aromatic rings. The van der Waals surface area contributed by atoms with E-state index in [2.05, 4.69) is 11.4 Å². The molecule has 3 aliphatic rings. The Balaban J connectivity index is 1.68. The molecule has 0 aliphatic carbocycles. The van der Waals surface area contributed by atoms with E-state index >= 15 is 0 Å². The normalized spacial score (nSPS) is 26.5. The number of anilines is 1. The lowest BCUT2D eigenvalue weighted by Crippen LogP contribution is -2.48. The Hall–Kier alpha value is -3.41. The first-order valence-electron chi connectivity index (χ1n) is 10.0. The van der Waals surface area contributed by atoms with E-state index in [0.29, 0.717) is 11.3 Å². The van der Waals surface area contributed by atoms with Crippen molar-refractivity contribution in [1.82, 2.24) is 5.32 Å². The molecule has 152 valence electrons. The topological polar surface area (TPSA) is 75.7 Å². The second kappa shape index (κ2) is 6.55. The number of benzene rings is 2. The number of Topliss-reactive ketones (excluding diaryl/α,β-unsaturated/α-hetero) is 1. The van der Waals surface area contributed by atoms with Crippen molar-refractivity contribution in [2.24, 2.45) is 11.8 Å². The molecule has 0 radical (unpaired) electrons. The van der Waals surface area contributed by atoms with E-state index < -0.39 is 17.9 Å². The van der Waals surface area contributed by atoms with Crippen LogP contribution in [0.3, 0.4) is 0 Å². The summed E-state index contributed by atoms with van der Waals surface area (Å²) in [5.41, 5.74) is 4.55. The minimum atomic E-state index is -0.760. The van der Waals surface area contributed by atoms with Crippen molar-refractivity contribution in [3.63, 3.8) is 0 Å². The van der Waals surface area contributed by atoms with Gasteiger partial charge >= 0.3 is 0 Å². The molecule has 0 saturated carbocycles. The first-order chi connectivity index (χ1) is 14.4. The molecule has 0 bridgehead atoms. The number of aryl methyl sites for hydroxylation is 1. The maximum Gasteiger partial charge on any atom is 0.233 e. The zero-order valence-corrected chi connectivity index (χ0v) is 17.0. The van der Waals surface area contributed by atoms with E-state index in [-0.39, 0.29) is 23.6 Å². The predicted molar refractivity (Wildman–Crippen MR) is 112 cm³/mol. The van der Waals surface area contributed by atoms with Crippen LogP contribution < -0.4 is 15.0 Å². The molecule has 4 atom stereocenters. The van der Waals surface area contributed by atoms with Crippen LogP contribution in [0.5, 0.6) is 5.75 Å². The van der Waals surface area contributed by atoms with Gasteiger partial charge in [0, 0.05) is 16.8 Å². The second-order valence-electron chi connectivity index (χ2n) is 8.21. The number of rotatable bonds is 3. The highest BCUT2D eigenvalue weighted by molar-refractivity contribution is 6.14. The molecule has 1 N–H and O–H groups in total. The third-order valence-corrected chi connectivity index (χ3v) is 6.47.